The lowest BCUT2D eigenvalue weighted by Gasteiger charge is -2.34. The molecule has 0 unspecified atom stereocenters. The summed E-state index contributed by atoms with van der Waals surface area (Å²) in [5, 5.41) is 3.04. The average Bonchev–Trinajstić information content (AvgIpc) is 2.94. The van der Waals surface area contributed by atoms with E-state index in [-0.39, 0.29) is 30.6 Å². The molecule has 0 fully saturated rings. The number of methoxy groups -OCH3 is 1. The summed E-state index contributed by atoms with van der Waals surface area (Å²) in [6.07, 6.45) is 2.06. The molecule has 1 N–H and O–H groups in total. The van der Waals surface area contributed by atoms with E-state index in [2.05, 4.69) is 5.32 Å². The van der Waals surface area contributed by atoms with Gasteiger partial charge in [0.15, 0.2) is 0 Å². The summed E-state index contributed by atoms with van der Waals surface area (Å²) in [5.41, 5.74) is 3.86. The van der Waals surface area contributed by atoms with Gasteiger partial charge in [0.2, 0.25) is 21.8 Å². The Bertz CT molecular complexity index is 1430. The Hall–Kier alpha value is -3.85. The quantitative estimate of drug-likeness (QED) is 0.319. The molecule has 0 aromatic heterocycles. The van der Waals surface area contributed by atoms with Gasteiger partial charge in [-0.2, -0.15) is 0 Å². The summed E-state index contributed by atoms with van der Waals surface area (Å²) in [6, 6.07) is 21.4. The van der Waals surface area contributed by atoms with Crippen LogP contribution < -0.4 is 14.4 Å². The van der Waals surface area contributed by atoms with Crippen LogP contribution in [0, 0.1) is 13.8 Å². The fraction of sp³-hybridized carbons (Fsp3) is 0.375. The molecule has 0 radical (unpaired) electrons. The number of hydrogen-bond donors (Lipinski definition) is 1. The number of carbonyl (C=O) groups excluding carboxylic acids is 2. The molecule has 0 heterocycles. The first-order valence-corrected chi connectivity index (χ1v) is 15.6. The highest BCUT2D eigenvalue weighted by atomic mass is 32.2. The molecule has 9 heteroatoms. The van der Waals surface area contributed by atoms with Gasteiger partial charge in [0.1, 0.15) is 18.3 Å². The molecule has 0 saturated carbocycles. The standard InChI is InChI=1S/C32H41N3O5S/c1-7-25(4)33-32(37)29(20-26-11-9-8-10-12-26)34(21-27-16-13-23(2)14-17-27)31(36)22-35(41(6,38)39)28-19-24(3)15-18-30(28)40-5/h8-19,25,29H,7,20-22H2,1-6H3,(H,33,37)/t25-,29+/m1/s1. The highest BCUT2D eigenvalue weighted by Gasteiger charge is 2.34. The van der Waals surface area contributed by atoms with Gasteiger partial charge in [-0.05, 0) is 56.0 Å². The maximum absolute atomic E-state index is 14.2. The van der Waals surface area contributed by atoms with Crippen LogP contribution in [0.4, 0.5) is 5.69 Å². The SMILES string of the molecule is CC[C@@H](C)NC(=O)[C@H](Cc1ccccc1)N(Cc1ccc(C)cc1)C(=O)CN(c1cc(C)ccc1OC)S(C)(=O)=O. The number of anilines is 1. The molecule has 3 aromatic rings. The van der Waals surface area contributed by atoms with Gasteiger partial charge in [0.25, 0.3) is 0 Å². The van der Waals surface area contributed by atoms with E-state index in [1.165, 1.54) is 12.0 Å². The van der Waals surface area contributed by atoms with Gasteiger partial charge < -0.3 is 15.0 Å². The Balaban J connectivity index is 2.10. The zero-order chi connectivity index (χ0) is 30.2. The highest BCUT2D eigenvalue weighted by molar-refractivity contribution is 7.92. The van der Waals surface area contributed by atoms with Crippen LogP contribution in [0.25, 0.3) is 0 Å². The average molecular weight is 580 g/mol. The third-order valence-electron chi connectivity index (χ3n) is 7.03. The Labute approximate surface area is 244 Å². The second kappa shape index (κ2) is 14.2. The van der Waals surface area contributed by atoms with Crippen LogP contribution in [0.1, 0.15) is 42.5 Å². The molecule has 8 nitrogen and oxygen atoms in total. The third-order valence-corrected chi connectivity index (χ3v) is 8.15. The van der Waals surface area contributed by atoms with Gasteiger partial charge in [-0.25, -0.2) is 8.42 Å². The fourth-order valence-electron chi connectivity index (χ4n) is 4.47. The number of ether oxygens (including phenoxy) is 1. The molecule has 0 bridgehead atoms. The van der Waals surface area contributed by atoms with Crippen molar-refractivity contribution in [1.29, 1.82) is 0 Å². The molecule has 0 aliphatic carbocycles. The maximum Gasteiger partial charge on any atom is 0.244 e. The second-order valence-electron chi connectivity index (χ2n) is 10.5. The first kappa shape index (κ1) is 31.7. The molecule has 0 aliphatic heterocycles. The second-order valence-corrected chi connectivity index (χ2v) is 12.4. The smallest absolute Gasteiger partial charge is 0.244 e. The number of carbonyl (C=O) groups is 2. The number of nitrogens with zero attached hydrogens (tertiary/aromatic N) is 2. The number of rotatable bonds is 13. The van der Waals surface area contributed by atoms with Gasteiger partial charge in [0, 0.05) is 19.0 Å². The van der Waals surface area contributed by atoms with E-state index in [9.17, 15) is 18.0 Å². The summed E-state index contributed by atoms with van der Waals surface area (Å²) in [5.74, 6) is -0.461. The van der Waals surface area contributed by atoms with E-state index < -0.39 is 28.5 Å². The van der Waals surface area contributed by atoms with Crippen LogP contribution in [-0.4, -0.2) is 57.1 Å². The Morgan fingerprint density at radius 2 is 1.56 bits per heavy atom. The minimum atomic E-state index is -3.90. The molecular weight excluding hydrogens is 538 g/mol. The zero-order valence-corrected chi connectivity index (χ0v) is 25.6. The number of benzene rings is 3. The number of hydrogen-bond acceptors (Lipinski definition) is 5. The maximum atomic E-state index is 14.2. The monoisotopic (exact) mass is 579 g/mol. The van der Waals surface area contributed by atoms with Crippen molar-refractivity contribution >= 4 is 27.5 Å². The van der Waals surface area contributed by atoms with Crippen molar-refractivity contribution in [3.8, 4) is 5.75 Å². The van der Waals surface area contributed by atoms with Crippen LogP contribution >= 0.6 is 0 Å². The van der Waals surface area contributed by atoms with Crippen LogP contribution in [-0.2, 0) is 32.6 Å². The lowest BCUT2D eigenvalue weighted by molar-refractivity contribution is -0.140. The molecule has 0 aliphatic rings. The van der Waals surface area contributed by atoms with Crippen molar-refractivity contribution in [2.45, 2.75) is 59.2 Å². The minimum Gasteiger partial charge on any atom is -0.495 e. The van der Waals surface area contributed by atoms with Crippen LogP contribution in [0.2, 0.25) is 0 Å². The Morgan fingerprint density at radius 3 is 2.15 bits per heavy atom. The topological polar surface area (TPSA) is 96.0 Å². The summed E-state index contributed by atoms with van der Waals surface area (Å²) < 4.78 is 32.6. The number of amides is 2. The van der Waals surface area contributed by atoms with Gasteiger partial charge in [-0.1, -0.05) is 73.2 Å². The van der Waals surface area contributed by atoms with Crippen LogP contribution in [0.15, 0.2) is 72.8 Å². The van der Waals surface area contributed by atoms with Crippen molar-refractivity contribution in [3.63, 3.8) is 0 Å². The van der Waals surface area contributed by atoms with E-state index in [4.69, 9.17) is 4.74 Å². The predicted octanol–water partition coefficient (Wildman–Crippen LogP) is 4.63. The highest BCUT2D eigenvalue weighted by Crippen LogP contribution is 2.31. The minimum absolute atomic E-state index is 0.0961. The summed E-state index contributed by atoms with van der Waals surface area (Å²) in [4.78, 5) is 29.5. The van der Waals surface area contributed by atoms with Gasteiger partial charge in [-0.15, -0.1) is 0 Å². The molecule has 0 saturated heterocycles. The zero-order valence-electron chi connectivity index (χ0n) is 24.8. The molecule has 0 spiro atoms. The molecule has 2 atom stereocenters. The normalized spacial score (nSPS) is 12.7. The van der Waals surface area contributed by atoms with E-state index in [0.29, 0.717) is 5.75 Å². The number of aryl methyl sites for hydroxylation is 2. The molecule has 3 aromatic carbocycles. The lowest BCUT2D eigenvalue weighted by Crippen LogP contribution is -2.54. The van der Waals surface area contributed by atoms with Crippen molar-refractivity contribution in [2.75, 3.05) is 24.2 Å². The van der Waals surface area contributed by atoms with Crippen LogP contribution in [0.5, 0.6) is 5.75 Å². The third kappa shape index (κ3) is 8.82. The molecule has 220 valence electrons. The molecule has 41 heavy (non-hydrogen) atoms. The van der Waals surface area contributed by atoms with E-state index in [1.807, 2.05) is 88.4 Å². The first-order chi connectivity index (χ1) is 19.4. The number of sulfonamides is 1. The van der Waals surface area contributed by atoms with Crippen molar-refractivity contribution in [3.05, 3.63) is 95.1 Å². The largest absolute Gasteiger partial charge is 0.495 e. The fourth-order valence-corrected chi connectivity index (χ4v) is 5.32. The summed E-state index contributed by atoms with van der Waals surface area (Å²) in [6.45, 7) is 7.35. The van der Waals surface area contributed by atoms with Gasteiger partial charge >= 0.3 is 0 Å². The van der Waals surface area contributed by atoms with Crippen LogP contribution in [0.3, 0.4) is 0 Å². The van der Waals surface area contributed by atoms with E-state index >= 15 is 0 Å². The van der Waals surface area contributed by atoms with Crippen molar-refractivity contribution in [2.24, 2.45) is 0 Å². The number of nitrogens with one attached hydrogen (secondary N) is 1. The van der Waals surface area contributed by atoms with Gasteiger partial charge in [0.05, 0.1) is 19.1 Å². The molecule has 2 amide bonds. The van der Waals surface area contributed by atoms with E-state index in [1.54, 1.807) is 12.1 Å². The van der Waals surface area contributed by atoms with Crippen molar-refractivity contribution in [1.82, 2.24) is 10.2 Å². The predicted molar refractivity (Wildman–Crippen MR) is 163 cm³/mol. The first-order valence-electron chi connectivity index (χ1n) is 13.7. The van der Waals surface area contributed by atoms with E-state index in [0.717, 1.165) is 39.2 Å². The Kier molecular flexibility index (Phi) is 10.9. The summed E-state index contributed by atoms with van der Waals surface area (Å²) >= 11 is 0. The Morgan fingerprint density at radius 1 is 0.927 bits per heavy atom. The van der Waals surface area contributed by atoms with Crippen molar-refractivity contribution < 1.29 is 22.7 Å². The lowest BCUT2D eigenvalue weighted by atomic mass is 10.0. The van der Waals surface area contributed by atoms with Gasteiger partial charge in [-0.3, -0.25) is 13.9 Å². The summed E-state index contributed by atoms with van der Waals surface area (Å²) in [7, 11) is -2.44. The molecule has 3 rings (SSSR count). The molecular formula is C32H41N3O5S.